The summed E-state index contributed by atoms with van der Waals surface area (Å²) in [5.41, 5.74) is 1.19. The first-order chi connectivity index (χ1) is 11.7. The summed E-state index contributed by atoms with van der Waals surface area (Å²) in [4.78, 5) is 15.2. The summed E-state index contributed by atoms with van der Waals surface area (Å²) in [6.45, 7) is 1.53. The summed E-state index contributed by atoms with van der Waals surface area (Å²) in [7, 11) is -4.67. The van der Waals surface area contributed by atoms with Crippen molar-refractivity contribution in [2.75, 3.05) is 13.1 Å². The molecule has 1 aliphatic heterocycles. The van der Waals surface area contributed by atoms with Gasteiger partial charge >= 0.3 is 16.0 Å². The molecule has 0 amide bonds. The van der Waals surface area contributed by atoms with E-state index in [-0.39, 0.29) is 11.7 Å². The fraction of sp³-hybridized carbons (Fsp3) is 0.286. The summed E-state index contributed by atoms with van der Waals surface area (Å²) < 4.78 is 36.6. The van der Waals surface area contributed by atoms with Gasteiger partial charge < -0.3 is 9.52 Å². The van der Waals surface area contributed by atoms with Gasteiger partial charge in [0.2, 0.25) is 0 Å². The molecule has 1 saturated heterocycles. The van der Waals surface area contributed by atoms with Crippen molar-refractivity contribution in [2.24, 2.45) is 10.1 Å². The molecule has 134 valence electrons. The standard InChI is InChI=1S/C14H13N3O3.H2O4S/c18-12-7-17(8-12)16-9-15-6-10-1-3-13-11(5-10)2-4-14(19)20-13;1-5(2,3)4/h1-5,12,18H,6-8H2;(H2,1,2,3,4). The van der Waals surface area contributed by atoms with Crippen molar-refractivity contribution in [1.82, 2.24) is 5.01 Å². The highest BCUT2D eigenvalue weighted by Crippen LogP contribution is 2.14. The molecule has 1 aromatic carbocycles. The zero-order chi connectivity index (χ0) is 18.4. The van der Waals surface area contributed by atoms with Crippen LogP contribution in [0.2, 0.25) is 0 Å². The maximum absolute atomic E-state index is 11.1. The zero-order valence-electron chi connectivity index (χ0n) is 12.8. The number of aliphatic imine (C=N–C) groups is 1. The molecule has 0 unspecified atom stereocenters. The lowest BCUT2D eigenvalue weighted by molar-refractivity contribution is 0.00455. The van der Waals surface area contributed by atoms with E-state index >= 15 is 0 Å². The third kappa shape index (κ3) is 6.83. The molecule has 1 aliphatic rings. The van der Waals surface area contributed by atoms with Gasteiger partial charge in [-0.05, 0) is 23.8 Å². The van der Waals surface area contributed by atoms with Gasteiger partial charge in [0.05, 0.1) is 25.7 Å². The third-order valence-corrected chi connectivity index (χ3v) is 3.05. The van der Waals surface area contributed by atoms with Crippen LogP contribution in [0.3, 0.4) is 0 Å². The summed E-state index contributed by atoms with van der Waals surface area (Å²) >= 11 is 0. The molecule has 0 spiro atoms. The van der Waals surface area contributed by atoms with E-state index in [1.165, 1.54) is 6.07 Å². The quantitative estimate of drug-likeness (QED) is 0.399. The average molecular weight is 369 g/mol. The van der Waals surface area contributed by atoms with Gasteiger partial charge in [0, 0.05) is 11.5 Å². The molecule has 0 atom stereocenters. The van der Waals surface area contributed by atoms with Gasteiger partial charge in [0.15, 0.2) is 0 Å². The van der Waals surface area contributed by atoms with Crippen LogP contribution in [-0.4, -0.2) is 52.8 Å². The molecule has 0 saturated carbocycles. The molecule has 3 rings (SSSR count). The van der Waals surface area contributed by atoms with Crippen LogP contribution in [0.1, 0.15) is 5.56 Å². The van der Waals surface area contributed by atoms with Gasteiger partial charge in [-0.2, -0.15) is 8.42 Å². The molecular weight excluding hydrogens is 354 g/mol. The Bertz CT molecular complexity index is 950. The van der Waals surface area contributed by atoms with Crippen molar-refractivity contribution in [2.45, 2.75) is 12.6 Å². The van der Waals surface area contributed by atoms with Crippen LogP contribution < -0.4 is 5.63 Å². The fourth-order valence-corrected chi connectivity index (χ4v) is 1.96. The van der Waals surface area contributed by atoms with Crippen molar-refractivity contribution >= 4 is 27.4 Å². The van der Waals surface area contributed by atoms with Gasteiger partial charge in [-0.1, -0.05) is 6.07 Å². The van der Waals surface area contributed by atoms with Crippen LogP contribution >= 0.6 is 0 Å². The lowest BCUT2D eigenvalue weighted by Crippen LogP contribution is -2.47. The number of rotatable bonds is 3. The second kappa shape index (κ2) is 8.01. The molecule has 3 N–H and O–H groups in total. The Hall–Kier alpha value is -2.56. The molecule has 0 radical (unpaired) electrons. The van der Waals surface area contributed by atoms with E-state index in [1.807, 2.05) is 12.1 Å². The molecule has 0 bridgehead atoms. The molecule has 1 aromatic heterocycles. The van der Waals surface area contributed by atoms with Crippen LogP contribution in [0.15, 0.2) is 49.6 Å². The number of hydrazone groups is 1. The minimum Gasteiger partial charge on any atom is -0.423 e. The van der Waals surface area contributed by atoms with E-state index in [1.54, 1.807) is 17.1 Å². The van der Waals surface area contributed by atoms with E-state index in [4.69, 9.17) is 27.0 Å². The maximum Gasteiger partial charge on any atom is 0.394 e. The molecule has 11 heteroatoms. The van der Waals surface area contributed by atoms with Gasteiger partial charge in [-0.25, -0.2) is 9.79 Å². The summed E-state index contributed by atoms with van der Waals surface area (Å²) in [5, 5.41) is 15.6. The molecular formula is C14H15N3O7S. The molecule has 1 fully saturated rings. The predicted octanol–water partition coefficient (Wildman–Crippen LogP) is 0.406. The van der Waals surface area contributed by atoms with E-state index in [0.29, 0.717) is 25.2 Å². The molecule has 0 aliphatic carbocycles. The van der Waals surface area contributed by atoms with Gasteiger partial charge in [-0.15, -0.1) is 5.10 Å². The molecule has 25 heavy (non-hydrogen) atoms. The van der Waals surface area contributed by atoms with Crippen molar-refractivity contribution in [3.05, 3.63) is 46.3 Å². The minimum absolute atomic E-state index is 0.282. The van der Waals surface area contributed by atoms with Crippen LogP contribution in [0.25, 0.3) is 11.0 Å². The molecule has 2 heterocycles. The summed E-state index contributed by atoms with van der Waals surface area (Å²) in [6.07, 6.45) is -0.282. The van der Waals surface area contributed by atoms with E-state index in [9.17, 15) is 4.79 Å². The van der Waals surface area contributed by atoms with Crippen molar-refractivity contribution in [3.8, 4) is 0 Å². The Balaban J connectivity index is 0.000000399. The van der Waals surface area contributed by atoms with E-state index in [2.05, 4.69) is 16.1 Å². The Morgan fingerprint density at radius 2 is 1.92 bits per heavy atom. The number of aliphatic hydroxyl groups is 1. The first-order valence-electron chi connectivity index (χ1n) is 6.98. The van der Waals surface area contributed by atoms with Crippen molar-refractivity contribution in [3.63, 3.8) is 0 Å². The predicted molar refractivity (Wildman–Crippen MR) is 87.8 cm³/mol. The Morgan fingerprint density at radius 1 is 1.24 bits per heavy atom. The number of benzene rings is 1. The van der Waals surface area contributed by atoms with Gasteiger partial charge in [0.25, 0.3) is 0 Å². The van der Waals surface area contributed by atoms with Crippen LogP contribution in [0, 0.1) is 0 Å². The maximum atomic E-state index is 11.1. The topological polar surface area (TPSA) is 153 Å². The van der Waals surface area contributed by atoms with Crippen molar-refractivity contribution in [1.29, 1.82) is 0 Å². The highest BCUT2D eigenvalue weighted by Gasteiger charge is 2.22. The molecule has 2 aromatic rings. The number of hydrogen-bond acceptors (Lipinski definition) is 8. The molecule has 10 nitrogen and oxygen atoms in total. The van der Waals surface area contributed by atoms with Crippen LogP contribution in [-0.2, 0) is 16.9 Å². The number of fused-ring (bicyclic) bond motifs is 1. The highest BCUT2D eigenvalue weighted by atomic mass is 32.3. The van der Waals surface area contributed by atoms with Crippen molar-refractivity contribution < 1.29 is 27.0 Å². The van der Waals surface area contributed by atoms with E-state index < -0.39 is 10.4 Å². The van der Waals surface area contributed by atoms with Crippen LogP contribution in [0.5, 0.6) is 0 Å². The lowest BCUT2D eigenvalue weighted by atomic mass is 10.1. The fourth-order valence-electron chi connectivity index (χ4n) is 1.96. The number of nitrogens with zero attached hydrogens (tertiary/aromatic N) is 3. The zero-order valence-corrected chi connectivity index (χ0v) is 13.6. The lowest BCUT2D eigenvalue weighted by Gasteiger charge is -2.31. The second-order valence-corrected chi connectivity index (χ2v) is 6.01. The number of hydrogen-bond donors (Lipinski definition) is 3. The van der Waals surface area contributed by atoms with Gasteiger partial charge in [-0.3, -0.25) is 14.1 Å². The summed E-state index contributed by atoms with van der Waals surface area (Å²) in [5.74, 6) is 0. The first kappa shape index (κ1) is 18.8. The summed E-state index contributed by atoms with van der Waals surface area (Å²) in [6, 6.07) is 11.2. The SMILES string of the molecule is O=S(=O)(O)O.O=c1ccc2cc(CN=C=NN3CC(O)C3)ccc2o1. The Kier molecular flexibility index (Phi) is 6.02. The highest BCUT2D eigenvalue weighted by molar-refractivity contribution is 7.79. The largest absolute Gasteiger partial charge is 0.423 e. The first-order valence-corrected chi connectivity index (χ1v) is 8.38. The Morgan fingerprint density at radius 3 is 2.56 bits per heavy atom. The monoisotopic (exact) mass is 369 g/mol. The number of β-amino-alcohol motifs (C(OH)–C–C–N with tert-alkyl or cyclic N) is 1. The third-order valence-electron chi connectivity index (χ3n) is 3.05. The second-order valence-electron chi connectivity index (χ2n) is 5.12. The smallest absolute Gasteiger partial charge is 0.394 e. The number of aliphatic hydroxyl groups excluding tert-OH is 1. The average Bonchev–Trinajstić information content (AvgIpc) is 2.47. The van der Waals surface area contributed by atoms with Crippen LogP contribution in [0.4, 0.5) is 0 Å². The normalized spacial score (nSPS) is 14.1. The van der Waals surface area contributed by atoms with Gasteiger partial charge in [0.1, 0.15) is 11.6 Å². The minimum atomic E-state index is -4.67. The van der Waals surface area contributed by atoms with E-state index in [0.717, 1.165) is 10.9 Å². The Labute approximate surface area is 142 Å².